The first-order valence-electron chi connectivity index (χ1n) is 6.02. The van der Waals surface area contributed by atoms with E-state index in [2.05, 4.69) is 26.5 Å². The molecule has 0 bridgehead atoms. The van der Waals surface area contributed by atoms with Crippen molar-refractivity contribution in [2.45, 2.75) is 6.92 Å². The summed E-state index contributed by atoms with van der Waals surface area (Å²) in [5.41, 5.74) is 11.0. The fourth-order valence-electron chi connectivity index (χ4n) is 1.66. The molecule has 4 nitrogen and oxygen atoms in total. The summed E-state index contributed by atoms with van der Waals surface area (Å²) < 4.78 is 0.849. The Bertz CT molecular complexity index is 668. The largest absolute Gasteiger partial charge is 0.399 e. The van der Waals surface area contributed by atoms with Crippen molar-refractivity contribution in [2.75, 3.05) is 5.73 Å². The average molecular weight is 332 g/mol. The van der Waals surface area contributed by atoms with Gasteiger partial charge < -0.3 is 5.73 Å². The van der Waals surface area contributed by atoms with Crippen LogP contribution in [0, 0.1) is 0 Å². The van der Waals surface area contributed by atoms with Crippen molar-refractivity contribution in [3.63, 3.8) is 0 Å². The molecule has 0 saturated heterocycles. The highest BCUT2D eigenvalue weighted by Gasteiger charge is 2.05. The lowest BCUT2D eigenvalue weighted by Crippen LogP contribution is -2.19. The van der Waals surface area contributed by atoms with Crippen LogP contribution < -0.4 is 11.2 Å². The highest BCUT2D eigenvalue weighted by molar-refractivity contribution is 9.10. The van der Waals surface area contributed by atoms with Crippen molar-refractivity contribution in [1.29, 1.82) is 0 Å². The number of anilines is 1. The van der Waals surface area contributed by atoms with E-state index >= 15 is 0 Å². The van der Waals surface area contributed by atoms with Crippen LogP contribution in [-0.4, -0.2) is 11.6 Å². The van der Waals surface area contributed by atoms with Gasteiger partial charge in [-0.1, -0.05) is 34.1 Å². The fraction of sp³-hybridized carbons (Fsp3) is 0.0667. The smallest absolute Gasteiger partial charge is 0.271 e. The third-order valence-corrected chi connectivity index (χ3v) is 3.21. The number of nitrogens with one attached hydrogen (secondary N) is 1. The molecule has 2 aromatic carbocycles. The normalized spacial score (nSPS) is 11.2. The van der Waals surface area contributed by atoms with Gasteiger partial charge in [0, 0.05) is 15.7 Å². The van der Waals surface area contributed by atoms with Crippen molar-refractivity contribution in [1.82, 2.24) is 5.43 Å². The molecule has 102 valence electrons. The number of nitrogen functional groups attached to an aromatic ring is 1. The van der Waals surface area contributed by atoms with Gasteiger partial charge in [-0.25, -0.2) is 5.43 Å². The standard InChI is InChI=1S/C15H14BrN3O/c1-10(11-4-3-7-14(17)9-11)18-19-15(20)12-5-2-6-13(16)8-12/h2-9H,17H2,1H3,(H,19,20). The Morgan fingerprint density at radius 2 is 1.85 bits per heavy atom. The first-order chi connectivity index (χ1) is 9.56. The minimum absolute atomic E-state index is 0.255. The fourth-order valence-corrected chi connectivity index (χ4v) is 2.06. The molecule has 20 heavy (non-hydrogen) atoms. The van der Waals surface area contributed by atoms with Crippen LogP contribution in [0.1, 0.15) is 22.8 Å². The molecule has 0 aromatic heterocycles. The zero-order valence-corrected chi connectivity index (χ0v) is 12.5. The Kier molecular flexibility index (Phi) is 4.53. The second kappa shape index (κ2) is 6.34. The number of hydrogen-bond acceptors (Lipinski definition) is 3. The van der Waals surface area contributed by atoms with Crippen LogP contribution >= 0.6 is 15.9 Å². The van der Waals surface area contributed by atoms with Crippen molar-refractivity contribution in [3.05, 3.63) is 64.1 Å². The molecule has 2 rings (SSSR count). The summed E-state index contributed by atoms with van der Waals surface area (Å²) in [5, 5.41) is 4.09. The SMILES string of the molecule is CC(=NNC(=O)c1cccc(Br)c1)c1cccc(N)c1. The Morgan fingerprint density at radius 3 is 2.55 bits per heavy atom. The zero-order valence-electron chi connectivity index (χ0n) is 10.9. The third kappa shape index (κ3) is 3.68. The molecular weight excluding hydrogens is 318 g/mol. The van der Waals surface area contributed by atoms with Crippen LogP contribution in [0.3, 0.4) is 0 Å². The van der Waals surface area contributed by atoms with E-state index in [1.807, 2.05) is 31.2 Å². The summed E-state index contributed by atoms with van der Waals surface area (Å²) in [7, 11) is 0. The zero-order chi connectivity index (χ0) is 14.5. The van der Waals surface area contributed by atoms with Crippen LogP contribution in [-0.2, 0) is 0 Å². The number of rotatable bonds is 3. The third-order valence-electron chi connectivity index (χ3n) is 2.72. The number of nitrogens with two attached hydrogens (primary N) is 1. The minimum atomic E-state index is -0.255. The van der Waals surface area contributed by atoms with E-state index in [-0.39, 0.29) is 5.91 Å². The van der Waals surface area contributed by atoms with Gasteiger partial charge >= 0.3 is 0 Å². The lowest BCUT2D eigenvalue weighted by atomic mass is 10.1. The van der Waals surface area contributed by atoms with Gasteiger partial charge in [-0.2, -0.15) is 5.10 Å². The summed E-state index contributed by atoms with van der Waals surface area (Å²) in [6.45, 7) is 1.82. The number of amides is 1. The van der Waals surface area contributed by atoms with E-state index in [1.165, 1.54) is 0 Å². The van der Waals surface area contributed by atoms with Crippen molar-refractivity contribution in [2.24, 2.45) is 5.10 Å². The Labute approximate surface area is 125 Å². The van der Waals surface area contributed by atoms with Gasteiger partial charge in [-0.05, 0) is 42.8 Å². The summed E-state index contributed by atoms with van der Waals surface area (Å²) >= 11 is 3.33. The topological polar surface area (TPSA) is 67.5 Å². The second-order valence-electron chi connectivity index (χ2n) is 4.27. The van der Waals surface area contributed by atoms with Gasteiger partial charge in [0.1, 0.15) is 0 Å². The van der Waals surface area contributed by atoms with E-state index in [9.17, 15) is 4.79 Å². The predicted molar refractivity (Wildman–Crippen MR) is 84.7 cm³/mol. The number of carbonyl (C=O) groups is 1. The lowest BCUT2D eigenvalue weighted by molar-refractivity contribution is 0.0955. The molecule has 0 aliphatic heterocycles. The van der Waals surface area contributed by atoms with Crippen molar-refractivity contribution < 1.29 is 4.79 Å². The molecule has 0 spiro atoms. The number of carbonyl (C=O) groups excluding carboxylic acids is 1. The van der Waals surface area contributed by atoms with Gasteiger partial charge in [0.2, 0.25) is 0 Å². The molecule has 0 aliphatic carbocycles. The highest BCUT2D eigenvalue weighted by Crippen LogP contribution is 2.11. The van der Waals surface area contributed by atoms with Crippen LogP contribution in [0.15, 0.2) is 58.1 Å². The van der Waals surface area contributed by atoms with Crippen molar-refractivity contribution >= 4 is 33.2 Å². The number of hydrogen-bond donors (Lipinski definition) is 2. The summed E-state index contributed by atoms with van der Waals surface area (Å²) in [4.78, 5) is 11.9. The molecule has 0 radical (unpaired) electrons. The van der Waals surface area contributed by atoms with E-state index in [0.717, 1.165) is 10.0 Å². The maximum absolute atomic E-state index is 11.9. The van der Waals surface area contributed by atoms with E-state index in [1.54, 1.807) is 24.3 Å². The molecule has 0 heterocycles. The Morgan fingerprint density at radius 1 is 1.15 bits per heavy atom. The number of nitrogens with zero attached hydrogens (tertiary/aromatic N) is 1. The first-order valence-corrected chi connectivity index (χ1v) is 6.81. The van der Waals surface area contributed by atoms with Gasteiger partial charge in [0.05, 0.1) is 5.71 Å². The quantitative estimate of drug-likeness (QED) is 0.515. The van der Waals surface area contributed by atoms with E-state index in [0.29, 0.717) is 17.0 Å². The predicted octanol–water partition coefficient (Wildman–Crippen LogP) is 3.19. The molecule has 1 amide bonds. The first kappa shape index (κ1) is 14.3. The average Bonchev–Trinajstić information content (AvgIpc) is 2.44. The van der Waals surface area contributed by atoms with Gasteiger partial charge in [-0.3, -0.25) is 4.79 Å². The number of halogens is 1. The molecule has 3 N–H and O–H groups in total. The molecule has 0 atom stereocenters. The molecule has 5 heteroatoms. The van der Waals surface area contributed by atoms with Crippen molar-refractivity contribution in [3.8, 4) is 0 Å². The van der Waals surface area contributed by atoms with E-state index < -0.39 is 0 Å². The van der Waals surface area contributed by atoms with Crippen LogP contribution in [0.2, 0.25) is 0 Å². The van der Waals surface area contributed by atoms with Crippen LogP contribution in [0.25, 0.3) is 0 Å². The highest BCUT2D eigenvalue weighted by atomic mass is 79.9. The second-order valence-corrected chi connectivity index (χ2v) is 5.19. The Hall–Kier alpha value is -2.14. The molecule has 0 unspecified atom stereocenters. The summed E-state index contributed by atoms with van der Waals surface area (Å²) in [5.74, 6) is -0.255. The summed E-state index contributed by atoms with van der Waals surface area (Å²) in [6.07, 6.45) is 0. The van der Waals surface area contributed by atoms with Gasteiger partial charge in [0.25, 0.3) is 5.91 Å². The van der Waals surface area contributed by atoms with Crippen LogP contribution in [0.5, 0.6) is 0 Å². The van der Waals surface area contributed by atoms with Gasteiger partial charge in [-0.15, -0.1) is 0 Å². The molecule has 0 saturated carbocycles. The molecule has 2 aromatic rings. The van der Waals surface area contributed by atoms with E-state index in [4.69, 9.17) is 5.73 Å². The molecule has 0 aliphatic rings. The van der Waals surface area contributed by atoms with Crippen LogP contribution in [0.4, 0.5) is 5.69 Å². The molecular formula is C15H14BrN3O. The monoisotopic (exact) mass is 331 g/mol. The maximum atomic E-state index is 11.9. The summed E-state index contributed by atoms with van der Waals surface area (Å²) in [6, 6.07) is 14.5. The molecule has 0 fully saturated rings. The number of benzene rings is 2. The maximum Gasteiger partial charge on any atom is 0.271 e. The minimum Gasteiger partial charge on any atom is -0.399 e. The Balaban J connectivity index is 2.11. The number of hydrazone groups is 1. The van der Waals surface area contributed by atoms with Gasteiger partial charge in [0.15, 0.2) is 0 Å². The lowest BCUT2D eigenvalue weighted by Gasteiger charge is -2.04.